The van der Waals surface area contributed by atoms with Gasteiger partial charge in [0.05, 0.1) is 42.6 Å². The number of aryl methyl sites for hydroxylation is 1. The molecule has 1 aromatic carbocycles. The van der Waals surface area contributed by atoms with Gasteiger partial charge in [0.1, 0.15) is 17.5 Å². The number of hydrogen-bond donors (Lipinski definition) is 4. The maximum Gasteiger partial charge on any atom is 0.290 e. The molecule has 172 valence electrons. The molecule has 4 N–H and O–H groups in total. The molecule has 11 nitrogen and oxygen atoms in total. The van der Waals surface area contributed by atoms with Crippen molar-refractivity contribution in [3.8, 4) is 0 Å². The average Bonchev–Trinajstić information content (AvgIpc) is 2.71. The molecule has 0 aliphatic carbocycles. The van der Waals surface area contributed by atoms with Crippen LogP contribution in [0.15, 0.2) is 34.1 Å². The lowest BCUT2D eigenvalue weighted by molar-refractivity contribution is 0.0802. The Hall–Kier alpha value is -3.36. The van der Waals surface area contributed by atoms with Crippen LogP contribution in [0.2, 0.25) is 0 Å². The monoisotopic (exact) mass is 471 g/mol. The lowest BCUT2D eigenvalue weighted by atomic mass is 10.2. The minimum absolute atomic E-state index is 0.0909. The van der Waals surface area contributed by atoms with Crippen LogP contribution in [0.5, 0.6) is 0 Å². The summed E-state index contributed by atoms with van der Waals surface area (Å²) in [6.45, 7) is -1.00. The molecule has 3 rings (SSSR count). The van der Waals surface area contributed by atoms with Gasteiger partial charge < -0.3 is 15.5 Å². The van der Waals surface area contributed by atoms with Gasteiger partial charge in [0, 0.05) is 13.1 Å². The number of aromatic nitrogens is 3. The summed E-state index contributed by atoms with van der Waals surface area (Å²) >= 11 is 0. The number of anilines is 3. The number of pyridine rings is 1. The van der Waals surface area contributed by atoms with Gasteiger partial charge in [0.2, 0.25) is 15.8 Å². The van der Waals surface area contributed by atoms with Gasteiger partial charge in [-0.2, -0.15) is 4.39 Å². The van der Waals surface area contributed by atoms with Crippen LogP contribution in [0.3, 0.4) is 0 Å². The van der Waals surface area contributed by atoms with E-state index in [2.05, 4.69) is 15.0 Å². The predicted octanol–water partition coefficient (Wildman–Crippen LogP) is -0.158. The van der Waals surface area contributed by atoms with E-state index in [9.17, 15) is 31.9 Å². The molecule has 0 saturated carbocycles. The summed E-state index contributed by atoms with van der Waals surface area (Å²) in [4.78, 5) is 29.2. The van der Waals surface area contributed by atoms with Gasteiger partial charge in [-0.15, -0.1) is 0 Å². The number of rotatable bonds is 7. The van der Waals surface area contributed by atoms with E-state index in [1.165, 1.54) is 13.1 Å². The molecule has 1 atom stereocenters. The van der Waals surface area contributed by atoms with Gasteiger partial charge in [-0.3, -0.25) is 23.4 Å². The Labute approximate surface area is 179 Å². The number of hydrogen-bond acceptors (Lipinski definition) is 8. The van der Waals surface area contributed by atoms with E-state index >= 15 is 0 Å². The molecular weight excluding hydrogens is 452 g/mol. The summed E-state index contributed by atoms with van der Waals surface area (Å²) in [5, 5.41) is 20.6. The Kier molecular flexibility index (Phi) is 6.29. The fourth-order valence-electron chi connectivity index (χ4n) is 2.97. The van der Waals surface area contributed by atoms with E-state index < -0.39 is 56.6 Å². The second kappa shape index (κ2) is 8.64. The van der Waals surface area contributed by atoms with Gasteiger partial charge in [-0.1, -0.05) is 0 Å². The van der Waals surface area contributed by atoms with Gasteiger partial charge >= 0.3 is 0 Å². The van der Waals surface area contributed by atoms with Crippen LogP contribution in [-0.2, 0) is 23.6 Å². The summed E-state index contributed by atoms with van der Waals surface area (Å²) < 4.78 is 55.8. The number of halogens is 2. The van der Waals surface area contributed by atoms with Crippen molar-refractivity contribution in [3.05, 3.63) is 56.9 Å². The Morgan fingerprint density at radius 3 is 2.50 bits per heavy atom. The van der Waals surface area contributed by atoms with Gasteiger partial charge in [-0.25, -0.2) is 17.8 Å². The first kappa shape index (κ1) is 23.3. The maximum absolute atomic E-state index is 14.9. The second-order valence-corrected chi connectivity index (χ2v) is 8.73. The molecule has 0 aliphatic rings. The largest absolute Gasteiger partial charge is 0.394 e. The van der Waals surface area contributed by atoms with Crippen LogP contribution >= 0.6 is 0 Å². The van der Waals surface area contributed by atoms with Gasteiger partial charge in [-0.05, 0) is 12.1 Å². The van der Waals surface area contributed by atoms with Crippen molar-refractivity contribution in [2.45, 2.75) is 12.6 Å². The van der Waals surface area contributed by atoms with E-state index in [0.717, 1.165) is 33.9 Å². The van der Waals surface area contributed by atoms with Crippen molar-refractivity contribution in [2.24, 2.45) is 7.05 Å². The highest BCUT2D eigenvalue weighted by Crippen LogP contribution is 2.27. The smallest absolute Gasteiger partial charge is 0.290 e. The molecule has 32 heavy (non-hydrogen) atoms. The van der Waals surface area contributed by atoms with E-state index in [1.54, 1.807) is 0 Å². The highest BCUT2D eigenvalue weighted by Gasteiger charge is 2.22. The van der Waals surface area contributed by atoms with Crippen molar-refractivity contribution in [3.63, 3.8) is 0 Å². The minimum Gasteiger partial charge on any atom is -0.394 e. The van der Waals surface area contributed by atoms with Crippen LogP contribution in [0, 0.1) is 11.6 Å². The number of aliphatic hydroxyl groups excluding tert-OH is 2. The normalized spacial score (nSPS) is 12.7. The van der Waals surface area contributed by atoms with E-state index in [1.807, 2.05) is 0 Å². The summed E-state index contributed by atoms with van der Waals surface area (Å²) in [6.07, 6.45) is 0.606. The molecule has 0 fully saturated rings. The number of nitrogens with one attached hydrogen (secondary N) is 2. The van der Waals surface area contributed by atoms with E-state index in [4.69, 9.17) is 5.11 Å². The van der Waals surface area contributed by atoms with Gasteiger partial charge in [0.15, 0.2) is 5.65 Å². The molecule has 0 spiro atoms. The first-order valence-corrected chi connectivity index (χ1v) is 10.9. The Balaban J connectivity index is 2.18. The number of fused-ring (bicyclic) bond motifs is 1. The van der Waals surface area contributed by atoms with Crippen molar-refractivity contribution in [1.82, 2.24) is 14.1 Å². The zero-order valence-electron chi connectivity index (χ0n) is 16.8. The SMILES string of the molecule is Cn1c(=O)c(F)c(Nc2ccc(NS(C)(=O)=O)cc2F)c2c(=O)n(C[C@@H](O)CO)cnc21. The minimum atomic E-state index is -3.67. The molecule has 0 unspecified atom stereocenters. The van der Waals surface area contributed by atoms with Crippen LogP contribution in [0.4, 0.5) is 25.8 Å². The molecule has 0 aliphatic heterocycles. The number of benzene rings is 1. The zero-order valence-corrected chi connectivity index (χ0v) is 17.7. The first-order valence-electron chi connectivity index (χ1n) is 9.04. The number of aliphatic hydroxyl groups is 2. The Bertz CT molecular complexity index is 1420. The lowest BCUT2D eigenvalue weighted by Gasteiger charge is -2.16. The fourth-order valence-corrected chi connectivity index (χ4v) is 3.53. The highest BCUT2D eigenvalue weighted by molar-refractivity contribution is 7.92. The van der Waals surface area contributed by atoms with Crippen molar-refractivity contribution in [1.29, 1.82) is 0 Å². The molecule has 0 saturated heterocycles. The second-order valence-electron chi connectivity index (χ2n) is 6.98. The third-order valence-electron chi connectivity index (χ3n) is 4.45. The number of sulfonamides is 1. The summed E-state index contributed by atoms with van der Waals surface area (Å²) in [7, 11) is -2.47. The van der Waals surface area contributed by atoms with Crippen LogP contribution in [0.1, 0.15) is 0 Å². The molecule has 0 amide bonds. The molecule has 2 heterocycles. The zero-order chi connectivity index (χ0) is 23.8. The third kappa shape index (κ3) is 4.61. The molecule has 0 bridgehead atoms. The van der Waals surface area contributed by atoms with E-state index in [-0.39, 0.29) is 23.6 Å². The van der Waals surface area contributed by atoms with Crippen LogP contribution in [-0.4, -0.2) is 51.7 Å². The highest BCUT2D eigenvalue weighted by atomic mass is 32.2. The molecular formula is C18H19F2N5O6S. The topological polar surface area (TPSA) is 156 Å². The molecule has 2 aromatic heterocycles. The van der Waals surface area contributed by atoms with Crippen LogP contribution in [0.25, 0.3) is 11.0 Å². The average molecular weight is 471 g/mol. The standard InChI is InChI=1S/C18H19F2N5O6S/c1-24-16-13(17(28)25(8-21-16)6-10(27)7-26)15(14(20)18(24)29)22-12-4-3-9(5-11(12)19)23-32(2,30)31/h3-5,8,10,22-23,26-27H,6-7H2,1-2H3/t10-/m1/s1. The third-order valence-corrected chi connectivity index (χ3v) is 5.05. The summed E-state index contributed by atoms with van der Waals surface area (Å²) in [6, 6.07) is 3.12. The van der Waals surface area contributed by atoms with Crippen molar-refractivity contribution in [2.75, 3.05) is 22.9 Å². The summed E-state index contributed by atoms with van der Waals surface area (Å²) in [5.74, 6) is -2.37. The Morgan fingerprint density at radius 2 is 1.91 bits per heavy atom. The molecule has 3 aromatic rings. The van der Waals surface area contributed by atoms with Crippen molar-refractivity contribution >= 4 is 38.1 Å². The van der Waals surface area contributed by atoms with E-state index in [0.29, 0.717) is 0 Å². The molecule has 14 heteroatoms. The lowest BCUT2D eigenvalue weighted by Crippen LogP contribution is -2.32. The maximum atomic E-state index is 14.9. The fraction of sp³-hybridized carbons (Fsp3) is 0.278. The van der Waals surface area contributed by atoms with Crippen LogP contribution < -0.4 is 21.2 Å². The first-order chi connectivity index (χ1) is 14.9. The summed E-state index contributed by atoms with van der Waals surface area (Å²) in [5.41, 5.74) is -3.26. The van der Waals surface area contributed by atoms with Crippen molar-refractivity contribution < 1.29 is 27.4 Å². The van der Waals surface area contributed by atoms with Gasteiger partial charge in [0.25, 0.3) is 11.1 Å². The molecule has 0 radical (unpaired) electrons. The Morgan fingerprint density at radius 1 is 1.22 bits per heavy atom. The number of nitrogens with zero attached hydrogens (tertiary/aromatic N) is 3. The predicted molar refractivity (Wildman–Crippen MR) is 112 cm³/mol. The quantitative estimate of drug-likeness (QED) is 0.371.